The van der Waals surface area contributed by atoms with Gasteiger partial charge in [0, 0.05) is 12.3 Å². The van der Waals surface area contributed by atoms with Crippen molar-refractivity contribution in [2.24, 2.45) is 0 Å². The number of esters is 1. The minimum atomic E-state index is -0.518. The molecule has 0 saturated carbocycles. The molecule has 9 heteroatoms. The molecule has 2 aromatic rings. The first-order valence-electron chi connectivity index (χ1n) is 7.15. The van der Waals surface area contributed by atoms with Crippen LogP contribution in [0.25, 0.3) is 0 Å². The van der Waals surface area contributed by atoms with Crippen molar-refractivity contribution in [2.75, 3.05) is 11.9 Å². The third-order valence-electron chi connectivity index (χ3n) is 3.18. The zero-order valence-corrected chi connectivity index (χ0v) is 13.6. The highest BCUT2D eigenvalue weighted by Gasteiger charge is 2.14. The van der Waals surface area contributed by atoms with Crippen LogP contribution in [0.5, 0.6) is 0 Å². The van der Waals surface area contributed by atoms with Gasteiger partial charge in [-0.2, -0.15) is 0 Å². The van der Waals surface area contributed by atoms with Gasteiger partial charge in [0.05, 0.1) is 16.5 Å². The Morgan fingerprint density at radius 2 is 2.21 bits per heavy atom. The Hall–Kier alpha value is -2.74. The second-order valence-corrected chi connectivity index (χ2v) is 5.26. The fraction of sp³-hybridized carbons (Fsp3) is 0.267. The van der Waals surface area contributed by atoms with Gasteiger partial charge in [-0.25, -0.2) is 14.8 Å². The number of nitro groups is 1. The monoisotopic (exact) mass is 350 g/mol. The summed E-state index contributed by atoms with van der Waals surface area (Å²) in [4.78, 5) is 29.8. The first-order valence-corrected chi connectivity index (χ1v) is 7.53. The molecule has 0 bridgehead atoms. The van der Waals surface area contributed by atoms with Crippen LogP contribution >= 0.6 is 11.6 Å². The van der Waals surface area contributed by atoms with Gasteiger partial charge < -0.3 is 10.1 Å². The molecule has 8 nitrogen and oxygen atoms in total. The van der Waals surface area contributed by atoms with E-state index in [1.54, 1.807) is 0 Å². The van der Waals surface area contributed by atoms with Gasteiger partial charge in [-0.05, 0) is 24.6 Å². The number of nitrogens with one attached hydrogen (secondary N) is 1. The highest BCUT2D eigenvalue weighted by atomic mass is 35.5. The Morgan fingerprint density at radius 1 is 1.42 bits per heavy atom. The number of ether oxygens (including phenoxy) is 1. The van der Waals surface area contributed by atoms with E-state index in [0.717, 1.165) is 0 Å². The molecular weight excluding hydrogens is 336 g/mol. The van der Waals surface area contributed by atoms with Crippen LogP contribution < -0.4 is 5.32 Å². The fourth-order valence-electron chi connectivity index (χ4n) is 1.84. The molecule has 0 saturated heterocycles. The van der Waals surface area contributed by atoms with E-state index < -0.39 is 10.9 Å². The summed E-state index contributed by atoms with van der Waals surface area (Å²) in [5.41, 5.74) is 0.230. The second kappa shape index (κ2) is 8.21. The highest BCUT2D eigenvalue weighted by Crippen LogP contribution is 2.14. The van der Waals surface area contributed by atoms with Crippen LogP contribution in [0.4, 0.5) is 11.5 Å². The molecule has 0 aromatic carbocycles. The molecule has 0 radical (unpaired) electrons. The molecule has 0 aliphatic carbocycles. The van der Waals surface area contributed by atoms with Crippen molar-refractivity contribution in [3.8, 4) is 0 Å². The maximum Gasteiger partial charge on any atom is 0.338 e. The number of rotatable bonds is 7. The largest absolute Gasteiger partial charge is 0.460 e. The Balaban J connectivity index is 1.92. The van der Waals surface area contributed by atoms with E-state index in [1.807, 2.05) is 6.92 Å². The molecule has 0 aliphatic heterocycles. The van der Waals surface area contributed by atoms with Crippen LogP contribution in [0.2, 0.25) is 5.15 Å². The van der Waals surface area contributed by atoms with Crippen molar-refractivity contribution in [3.05, 3.63) is 57.5 Å². The lowest BCUT2D eigenvalue weighted by molar-refractivity contribution is -0.385. The number of hydrogen-bond donors (Lipinski definition) is 1. The highest BCUT2D eigenvalue weighted by molar-refractivity contribution is 6.29. The molecule has 1 unspecified atom stereocenters. The zero-order chi connectivity index (χ0) is 17.5. The van der Waals surface area contributed by atoms with E-state index in [0.29, 0.717) is 17.8 Å². The Kier molecular flexibility index (Phi) is 6.02. The summed E-state index contributed by atoms with van der Waals surface area (Å²) >= 11 is 5.73. The van der Waals surface area contributed by atoms with E-state index in [2.05, 4.69) is 15.3 Å². The van der Waals surface area contributed by atoms with Gasteiger partial charge in [0.25, 0.3) is 5.69 Å². The van der Waals surface area contributed by atoms with Crippen molar-refractivity contribution < 1.29 is 14.5 Å². The molecule has 0 spiro atoms. The first kappa shape index (κ1) is 17.6. The van der Waals surface area contributed by atoms with Crippen LogP contribution in [-0.2, 0) is 4.74 Å². The normalized spacial score (nSPS) is 11.6. The van der Waals surface area contributed by atoms with Crippen molar-refractivity contribution in [3.63, 3.8) is 0 Å². The lowest BCUT2D eigenvalue weighted by Gasteiger charge is -2.17. The lowest BCUT2D eigenvalue weighted by atomic mass is 10.2. The Bertz CT molecular complexity index is 724. The number of hydrogen-bond acceptors (Lipinski definition) is 7. The SMILES string of the molecule is CCC(COC(=O)c1ccnc(Cl)c1)Nc1ccc([N+](=O)[O-])cn1. The molecule has 1 N–H and O–H groups in total. The van der Waals surface area contributed by atoms with Gasteiger partial charge in [0.2, 0.25) is 0 Å². The summed E-state index contributed by atoms with van der Waals surface area (Å²) in [6.45, 7) is 2.04. The van der Waals surface area contributed by atoms with Gasteiger partial charge in [-0.1, -0.05) is 18.5 Å². The summed E-state index contributed by atoms with van der Waals surface area (Å²) in [5, 5.41) is 13.9. The second-order valence-electron chi connectivity index (χ2n) is 4.87. The summed E-state index contributed by atoms with van der Waals surface area (Å²) in [7, 11) is 0. The first-order chi connectivity index (χ1) is 11.5. The van der Waals surface area contributed by atoms with Crippen LogP contribution in [0.3, 0.4) is 0 Å². The maximum atomic E-state index is 12.0. The number of halogens is 1. The molecule has 126 valence electrons. The maximum absolute atomic E-state index is 12.0. The number of aromatic nitrogens is 2. The number of pyridine rings is 2. The Morgan fingerprint density at radius 3 is 2.79 bits per heavy atom. The van der Waals surface area contributed by atoms with Crippen molar-refractivity contribution in [2.45, 2.75) is 19.4 Å². The number of carbonyl (C=O) groups is 1. The third-order valence-corrected chi connectivity index (χ3v) is 3.39. The van der Waals surface area contributed by atoms with Gasteiger partial charge in [-0.3, -0.25) is 10.1 Å². The minimum Gasteiger partial charge on any atom is -0.460 e. The predicted octanol–water partition coefficient (Wildman–Crippen LogP) is 3.09. The smallest absolute Gasteiger partial charge is 0.338 e. The predicted molar refractivity (Wildman–Crippen MR) is 88.1 cm³/mol. The summed E-state index contributed by atoms with van der Waals surface area (Å²) < 4.78 is 5.25. The van der Waals surface area contributed by atoms with Crippen molar-refractivity contribution in [1.82, 2.24) is 9.97 Å². The van der Waals surface area contributed by atoms with E-state index >= 15 is 0 Å². The number of carbonyl (C=O) groups excluding carboxylic acids is 1. The van der Waals surface area contributed by atoms with Crippen molar-refractivity contribution >= 4 is 29.1 Å². The zero-order valence-electron chi connectivity index (χ0n) is 12.8. The van der Waals surface area contributed by atoms with Crippen LogP contribution in [0.15, 0.2) is 36.7 Å². The van der Waals surface area contributed by atoms with Gasteiger partial charge in [-0.15, -0.1) is 0 Å². The average Bonchev–Trinajstić information content (AvgIpc) is 2.58. The standard InChI is InChI=1S/C15H15ClN4O4/c1-2-11(19-14-4-3-12(8-18-14)20(22)23)9-24-15(21)10-5-6-17-13(16)7-10/h3-8,11H,2,9H2,1H3,(H,18,19). The molecule has 2 rings (SSSR count). The number of nitrogens with zero attached hydrogens (tertiary/aromatic N) is 3. The molecule has 2 aromatic heterocycles. The minimum absolute atomic E-state index is 0.0883. The third kappa shape index (κ3) is 4.88. The van der Waals surface area contributed by atoms with E-state index in [9.17, 15) is 14.9 Å². The van der Waals surface area contributed by atoms with Crippen molar-refractivity contribution in [1.29, 1.82) is 0 Å². The lowest BCUT2D eigenvalue weighted by Crippen LogP contribution is -2.26. The average molecular weight is 351 g/mol. The molecule has 0 amide bonds. The van der Waals surface area contributed by atoms with Crippen LogP contribution in [0, 0.1) is 10.1 Å². The molecule has 1 atom stereocenters. The van der Waals surface area contributed by atoms with Crippen LogP contribution in [-0.4, -0.2) is 33.5 Å². The molecular formula is C15H15ClN4O4. The Labute approximate surface area is 143 Å². The molecule has 0 aliphatic rings. The van der Waals surface area contributed by atoms with E-state index in [1.165, 1.54) is 36.7 Å². The fourth-order valence-corrected chi connectivity index (χ4v) is 2.01. The van der Waals surface area contributed by atoms with E-state index in [-0.39, 0.29) is 23.5 Å². The number of anilines is 1. The summed E-state index contributed by atoms with van der Waals surface area (Å²) in [6.07, 6.45) is 3.26. The summed E-state index contributed by atoms with van der Waals surface area (Å²) in [6, 6.07) is 5.62. The van der Waals surface area contributed by atoms with Gasteiger partial charge in [0.15, 0.2) is 0 Å². The van der Waals surface area contributed by atoms with Crippen LogP contribution in [0.1, 0.15) is 23.7 Å². The molecule has 2 heterocycles. The quantitative estimate of drug-likeness (QED) is 0.354. The molecule has 24 heavy (non-hydrogen) atoms. The van der Waals surface area contributed by atoms with Gasteiger partial charge in [0.1, 0.15) is 23.8 Å². The summed E-state index contributed by atoms with van der Waals surface area (Å²) in [5.74, 6) is -0.0355. The van der Waals surface area contributed by atoms with E-state index in [4.69, 9.17) is 16.3 Å². The topological polar surface area (TPSA) is 107 Å². The molecule has 0 fully saturated rings. The van der Waals surface area contributed by atoms with Gasteiger partial charge >= 0.3 is 5.97 Å².